The third-order valence-corrected chi connectivity index (χ3v) is 4.25. The number of hydrogen-bond donors (Lipinski definition) is 2. The highest BCUT2D eigenvalue weighted by Gasteiger charge is 2.09. The van der Waals surface area contributed by atoms with Gasteiger partial charge in [-0.05, 0) is 6.07 Å². The van der Waals surface area contributed by atoms with Gasteiger partial charge in [0.05, 0.1) is 5.52 Å². The molecular formula is C11H10N6S2. The molecular weight excluding hydrogens is 280 g/mol. The second-order valence-corrected chi connectivity index (χ2v) is 5.40. The second kappa shape index (κ2) is 5.47. The van der Waals surface area contributed by atoms with E-state index in [2.05, 4.69) is 25.0 Å². The van der Waals surface area contributed by atoms with Crippen molar-refractivity contribution >= 4 is 39.2 Å². The maximum absolute atomic E-state index is 5.40. The fourth-order valence-corrected chi connectivity index (χ4v) is 3.15. The van der Waals surface area contributed by atoms with Gasteiger partial charge in [0.15, 0.2) is 0 Å². The Morgan fingerprint density at radius 2 is 2.16 bits per heavy atom. The molecule has 0 atom stereocenters. The Hall–Kier alpha value is -1.77. The van der Waals surface area contributed by atoms with Crippen LogP contribution in [0, 0.1) is 0 Å². The Kier molecular flexibility index (Phi) is 3.53. The predicted octanol–water partition coefficient (Wildman–Crippen LogP) is 2.06. The Balaban J connectivity index is 1.86. The zero-order chi connectivity index (χ0) is 13.1. The quantitative estimate of drug-likeness (QED) is 0.329. The summed E-state index contributed by atoms with van der Waals surface area (Å²) in [7, 11) is 0. The molecule has 0 saturated carbocycles. The van der Waals surface area contributed by atoms with Crippen molar-refractivity contribution in [3.8, 4) is 0 Å². The van der Waals surface area contributed by atoms with Crippen LogP contribution in [0.4, 0.5) is 5.00 Å². The molecule has 0 saturated heterocycles. The molecule has 0 aliphatic carbocycles. The molecule has 0 fully saturated rings. The van der Waals surface area contributed by atoms with Gasteiger partial charge in [-0.25, -0.2) is 15.8 Å². The largest absolute Gasteiger partial charge is 0.313 e. The molecule has 0 aliphatic rings. The van der Waals surface area contributed by atoms with Crippen LogP contribution >= 0.6 is 23.3 Å². The van der Waals surface area contributed by atoms with Crippen molar-refractivity contribution in [1.82, 2.24) is 19.6 Å². The number of anilines is 1. The molecule has 96 valence electrons. The summed E-state index contributed by atoms with van der Waals surface area (Å²) in [6.07, 6.45) is 1.58. The lowest BCUT2D eigenvalue weighted by molar-refractivity contribution is 1.06. The highest BCUT2D eigenvalue weighted by Crippen LogP contribution is 2.29. The van der Waals surface area contributed by atoms with Crippen LogP contribution < -0.4 is 11.3 Å². The minimum atomic E-state index is 0.664. The molecule has 0 amide bonds. The maximum Gasteiger partial charge on any atom is 0.148 e. The van der Waals surface area contributed by atoms with Gasteiger partial charge in [-0.2, -0.15) is 0 Å². The van der Waals surface area contributed by atoms with Crippen molar-refractivity contribution < 1.29 is 0 Å². The van der Waals surface area contributed by atoms with E-state index in [1.54, 1.807) is 18.1 Å². The van der Waals surface area contributed by atoms with Crippen LogP contribution in [0.5, 0.6) is 0 Å². The maximum atomic E-state index is 5.40. The summed E-state index contributed by atoms with van der Waals surface area (Å²) in [5.74, 6) is 6.06. The highest BCUT2D eigenvalue weighted by atomic mass is 32.2. The fourth-order valence-electron chi connectivity index (χ4n) is 1.64. The van der Waals surface area contributed by atoms with Gasteiger partial charge in [0.2, 0.25) is 0 Å². The van der Waals surface area contributed by atoms with E-state index in [1.165, 1.54) is 11.5 Å². The second-order valence-electron chi connectivity index (χ2n) is 3.68. The normalized spacial score (nSPS) is 10.8. The van der Waals surface area contributed by atoms with Crippen LogP contribution in [0.1, 0.15) is 5.69 Å². The number of benzene rings is 1. The molecule has 0 unspecified atom stereocenters. The summed E-state index contributed by atoms with van der Waals surface area (Å²) in [6.45, 7) is 0. The number of nitrogens with two attached hydrogens (primary N) is 1. The van der Waals surface area contributed by atoms with E-state index in [0.717, 1.165) is 26.6 Å². The standard InChI is InChI=1S/C11H10N6S2/c12-15-11-9(16-17-19-11)5-18-10-7-3-1-2-4-8(7)13-6-14-10/h1-4,6,15H,5,12H2. The van der Waals surface area contributed by atoms with Gasteiger partial charge in [0.1, 0.15) is 22.0 Å². The third kappa shape index (κ3) is 2.50. The van der Waals surface area contributed by atoms with Gasteiger partial charge >= 0.3 is 0 Å². The molecule has 0 aliphatic heterocycles. The van der Waals surface area contributed by atoms with Gasteiger partial charge in [-0.1, -0.05) is 34.4 Å². The first-order valence-corrected chi connectivity index (χ1v) is 7.25. The molecule has 3 rings (SSSR count). The Labute approximate surface area is 117 Å². The van der Waals surface area contributed by atoms with Crippen LogP contribution in [0.15, 0.2) is 35.6 Å². The minimum absolute atomic E-state index is 0.664. The van der Waals surface area contributed by atoms with E-state index >= 15 is 0 Å². The van der Waals surface area contributed by atoms with Crippen molar-refractivity contribution in [1.29, 1.82) is 0 Å². The first-order valence-electron chi connectivity index (χ1n) is 5.49. The molecule has 0 radical (unpaired) electrons. The van der Waals surface area contributed by atoms with Gasteiger partial charge in [-0.15, -0.1) is 5.10 Å². The third-order valence-electron chi connectivity index (χ3n) is 2.54. The summed E-state index contributed by atoms with van der Waals surface area (Å²) in [5, 5.41) is 6.80. The molecule has 2 aromatic heterocycles. The minimum Gasteiger partial charge on any atom is -0.313 e. The number of hydrogen-bond acceptors (Lipinski definition) is 8. The molecule has 6 nitrogen and oxygen atoms in total. The van der Waals surface area contributed by atoms with Crippen molar-refractivity contribution in [3.05, 3.63) is 36.3 Å². The summed E-state index contributed by atoms with van der Waals surface area (Å²) < 4.78 is 3.87. The summed E-state index contributed by atoms with van der Waals surface area (Å²) in [6, 6.07) is 7.93. The van der Waals surface area contributed by atoms with Gasteiger partial charge < -0.3 is 5.43 Å². The lowest BCUT2D eigenvalue weighted by Crippen LogP contribution is -2.06. The zero-order valence-corrected chi connectivity index (χ0v) is 11.4. The number of nitrogens with one attached hydrogen (secondary N) is 1. The van der Waals surface area contributed by atoms with Crippen LogP contribution in [-0.4, -0.2) is 19.6 Å². The number of rotatable bonds is 4. The number of hydrazine groups is 1. The van der Waals surface area contributed by atoms with Crippen LogP contribution in [0.2, 0.25) is 0 Å². The topological polar surface area (TPSA) is 89.6 Å². The van der Waals surface area contributed by atoms with Gasteiger partial charge in [0.25, 0.3) is 0 Å². The molecule has 3 aromatic rings. The average Bonchev–Trinajstić information content (AvgIpc) is 2.92. The highest BCUT2D eigenvalue weighted by molar-refractivity contribution is 7.98. The Morgan fingerprint density at radius 1 is 1.26 bits per heavy atom. The van der Waals surface area contributed by atoms with E-state index in [4.69, 9.17) is 5.84 Å². The van der Waals surface area contributed by atoms with Crippen LogP contribution in [-0.2, 0) is 5.75 Å². The number of nitrogens with zero attached hydrogens (tertiary/aromatic N) is 4. The molecule has 1 aromatic carbocycles. The van der Waals surface area contributed by atoms with Crippen LogP contribution in [0.3, 0.4) is 0 Å². The van der Waals surface area contributed by atoms with Gasteiger partial charge in [0, 0.05) is 22.7 Å². The Bertz CT molecular complexity index is 693. The van der Waals surface area contributed by atoms with Crippen molar-refractivity contribution in [2.45, 2.75) is 10.8 Å². The number of aromatic nitrogens is 4. The first-order chi connectivity index (χ1) is 9.38. The Morgan fingerprint density at radius 3 is 3.05 bits per heavy atom. The van der Waals surface area contributed by atoms with Crippen molar-refractivity contribution in [2.24, 2.45) is 5.84 Å². The number of nitrogen functional groups attached to an aromatic ring is 1. The summed E-state index contributed by atoms with van der Waals surface area (Å²) in [5.41, 5.74) is 4.37. The van der Waals surface area contributed by atoms with Crippen molar-refractivity contribution in [3.63, 3.8) is 0 Å². The number of fused-ring (bicyclic) bond motifs is 1. The lowest BCUT2D eigenvalue weighted by atomic mass is 10.2. The monoisotopic (exact) mass is 290 g/mol. The van der Waals surface area contributed by atoms with E-state index in [0.29, 0.717) is 5.75 Å². The summed E-state index contributed by atoms with van der Waals surface area (Å²) in [4.78, 5) is 8.56. The summed E-state index contributed by atoms with van der Waals surface area (Å²) >= 11 is 2.84. The smallest absolute Gasteiger partial charge is 0.148 e. The first kappa shape index (κ1) is 12.3. The molecule has 2 heterocycles. The molecule has 3 N–H and O–H groups in total. The zero-order valence-electron chi connectivity index (χ0n) is 9.78. The number of para-hydroxylation sites is 1. The van der Waals surface area contributed by atoms with Crippen LogP contribution in [0.25, 0.3) is 10.9 Å². The SMILES string of the molecule is NNc1snnc1CSc1ncnc2ccccc12. The molecule has 0 bridgehead atoms. The fraction of sp³-hybridized carbons (Fsp3) is 0.0909. The van der Waals surface area contributed by atoms with E-state index in [-0.39, 0.29) is 0 Å². The molecule has 0 spiro atoms. The van der Waals surface area contributed by atoms with E-state index in [9.17, 15) is 0 Å². The number of thioether (sulfide) groups is 1. The van der Waals surface area contributed by atoms with E-state index < -0.39 is 0 Å². The lowest BCUT2D eigenvalue weighted by Gasteiger charge is -2.03. The average molecular weight is 290 g/mol. The van der Waals surface area contributed by atoms with Crippen molar-refractivity contribution in [2.75, 3.05) is 5.43 Å². The molecule has 19 heavy (non-hydrogen) atoms. The predicted molar refractivity (Wildman–Crippen MR) is 76.8 cm³/mol. The van der Waals surface area contributed by atoms with E-state index in [1.807, 2.05) is 24.3 Å². The van der Waals surface area contributed by atoms with Gasteiger partial charge in [-0.3, -0.25) is 0 Å². The molecule has 8 heteroatoms.